The minimum atomic E-state index is -4.64. The van der Waals surface area contributed by atoms with Crippen molar-refractivity contribution >= 4 is 17.7 Å². The molecular weight excluding hydrogens is 347 g/mol. The number of ketones is 1. The van der Waals surface area contributed by atoms with Crippen LogP contribution in [0.4, 0.5) is 13.2 Å². The molecule has 138 valence electrons. The fourth-order valence-corrected chi connectivity index (χ4v) is 1.17. The standard InChI is InChI=1S/C11H13N3O4.C3H3F3O/c1-8(15)6-12-11(18)9-2-4-14(13-7-9)5-3-10(16)17;1-2(7)3(4,5)6/h2,4,7H,3,5-6H2,1H3,(H-,12,16,17,18);7H,1H2/p+1. The highest BCUT2D eigenvalue weighted by molar-refractivity contribution is 5.95. The van der Waals surface area contributed by atoms with Gasteiger partial charge in [0.15, 0.2) is 18.5 Å². The summed E-state index contributed by atoms with van der Waals surface area (Å²) < 4.78 is 33.9. The number of nitrogens with one attached hydrogen (secondary N) is 1. The molecule has 11 heteroatoms. The lowest BCUT2D eigenvalue weighted by Crippen LogP contribution is -2.39. The molecular formula is C14H17F3N3O5+. The maximum Gasteiger partial charge on any atom is 0.448 e. The van der Waals surface area contributed by atoms with E-state index in [0.717, 1.165) is 0 Å². The predicted molar refractivity (Wildman–Crippen MR) is 77.5 cm³/mol. The van der Waals surface area contributed by atoms with Crippen molar-refractivity contribution in [2.45, 2.75) is 26.1 Å². The van der Waals surface area contributed by atoms with Gasteiger partial charge in [0.1, 0.15) is 18.4 Å². The number of carboxylic acid groups (broad SMARTS) is 1. The molecule has 0 aliphatic rings. The zero-order chi connectivity index (χ0) is 19.6. The number of aliphatic hydroxyl groups excluding tert-OH is 1. The van der Waals surface area contributed by atoms with Gasteiger partial charge in [0.2, 0.25) is 0 Å². The number of aliphatic hydroxyl groups is 1. The van der Waals surface area contributed by atoms with Gasteiger partial charge in [-0.25, -0.2) is 0 Å². The molecule has 0 saturated heterocycles. The van der Waals surface area contributed by atoms with Crippen molar-refractivity contribution in [3.8, 4) is 0 Å². The first kappa shape index (κ1) is 22.0. The third kappa shape index (κ3) is 10.4. The fourth-order valence-electron chi connectivity index (χ4n) is 1.17. The van der Waals surface area contributed by atoms with Crippen molar-refractivity contribution in [1.82, 2.24) is 10.4 Å². The molecule has 25 heavy (non-hydrogen) atoms. The number of carbonyl (C=O) groups is 3. The van der Waals surface area contributed by atoms with Crippen molar-refractivity contribution in [1.29, 1.82) is 0 Å². The number of carboxylic acids is 1. The van der Waals surface area contributed by atoms with Gasteiger partial charge < -0.3 is 15.5 Å². The van der Waals surface area contributed by atoms with Crippen LogP contribution in [0.15, 0.2) is 30.8 Å². The zero-order valence-corrected chi connectivity index (χ0v) is 13.2. The number of allylic oxidation sites excluding steroid dienone is 1. The highest BCUT2D eigenvalue weighted by Gasteiger charge is 2.31. The number of aliphatic carboxylic acids is 1. The number of hydrogen-bond donors (Lipinski definition) is 3. The number of nitrogens with zero attached hydrogens (tertiary/aromatic N) is 2. The van der Waals surface area contributed by atoms with Gasteiger partial charge in [-0.2, -0.15) is 13.2 Å². The van der Waals surface area contributed by atoms with E-state index in [9.17, 15) is 27.6 Å². The Morgan fingerprint density at radius 2 is 1.88 bits per heavy atom. The van der Waals surface area contributed by atoms with E-state index in [0.29, 0.717) is 5.56 Å². The summed E-state index contributed by atoms with van der Waals surface area (Å²) in [6.45, 7) is 3.85. The molecule has 0 spiro atoms. The van der Waals surface area contributed by atoms with Gasteiger partial charge in [-0.3, -0.25) is 14.4 Å². The van der Waals surface area contributed by atoms with Crippen LogP contribution in [0.3, 0.4) is 0 Å². The molecule has 0 radical (unpaired) electrons. The lowest BCUT2D eigenvalue weighted by molar-refractivity contribution is -0.753. The maximum absolute atomic E-state index is 11.5. The van der Waals surface area contributed by atoms with Gasteiger partial charge in [-0.1, -0.05) is 11.3 Å². The Bertz CT molecular complexity index is 630. The molecule has 0 atom stereocenters. The Morgan fingerprint density at radius 1 is 1.32 bits per heavy atom. The van der Waals surface area contributed by atoms with Crippen molar-refractivity contribution < 1.29 is 42.4 Å². The van der Waals surface area contributed by atoms with Gasteiger partial charge in [-0.05, 0) is 12.0 Å². The Hall–Kier alpha value is -2.98. The largest absolute Gasteiger partial charge is 0.505 e. The van der Waals surface area contributed by atoms with Gasteiger partial charge in [0.25, 0.3) is 5.91 Å². The molecule has 0 aliphatic carbocycles. The first-order valence-electron chi connectivity index (χ1n) is 6.73. The maximum atomic E-state index is 11.5. The summed E-state index contributed by atoms with van der Waals surface area (Å²) in [4.78, 5) is 32.6. The van der Waals surface area contributed by atoms with Crippen LogP contribution in [0.2, 0.25) is 0 Å². The number of carbonyl (C=O) groups excluding carboxylic acids is 2. The summed E-state index contributed by atoms with van der Waals surface area (Å²) in [6.07, 6.45) is -1.82. The van der Waals surface area contributed by atoms with Crippen LogP contribution in [-0.4, -0.2) is 45.7 Å². The Labute approximate surface area is 140 Å². The quantitative estimate of drug-likeness (QED) is 0.507. The number of amides is 1. The molecule has 0 aromatic carbocycles. The van der Waals surface area contributed by atoms with Crippen LogP contribution in [0.5, 0.6) is 0 Å². The SMILES string of the molecule is C=C(O)C(F)(F)F.CC(=O)CNC(=O)c1cc[n+](CCC(=O)O)nc1. The summed E-state index contributed by atoms with van der Waals surface area (Å²) in [5.74, 6) is -3.19. The van der Waals surface area contributed by atoms with Crippen LogP contribution < -0.4 is 10.00 Å². The lowest BCUT2D eigenvalue weighted by Gasteiger charge is -2.00. The fraction of sp³-hybridized carbons (Fsp3) is 0.357. The monoisotopic (exact) mass is 364 g/mol. The average molecular weight is 364 g/mol. The summed E-state index contributed by atoms with van der Waals surface area (Å²) in [6, 6.07) is 1.52. The molecule has 0 aliphatic heterocycles. The van der Waals surface area contributed by atoms with E-state index in [4.69, 9.17) is 10.2 Å². The van der Waals surface area contributed by atoms with E-state index in [1.807, 2.05) is 0 Å². The first-order valence-corrected chi connectivity index (χ1v) is 6.73. The molecule has 1 heterocycles. The predicted octanol–water partition coefficient (Wildman–Crippen LogP) is 0.783. The van der Waals surface area contributed by atoms with Gasteiger partial charge in [-0.15, -0.1) is 0 Å². The molecule has 3 N–H and O–H groups in total. The number of halogens is 3. The molecule has 1 rings (SSSR count). The van der Waals surface area contributed by atoms with Crippen LogP contribution in [-0.2, 0) is 16.1 Å². The molecule has 0 bridgehead atoms. The topological polar surface area (TPSA) is 120 Å². The number of Topliss-reactive ketones (excluding diaryl/α,β-unsaturated/α-hetero) is 1. The molecule has 1 amide bonds. The minimum Gasteiger partial charge on any atom is -0.505 e. The molecule has 0 fully saturated rings. The number of aromatic nitrogens is 2. The third-order valence-corrected chi connectivity index (χ3v) is 2.41. The minimum absolute atomic E-state index is 0.0211. The smallest absolute Gasteiger partial charge is 0.448 e. The second-order valence-electron chi connectivity index (χ2n) is 4.65. The van der Waals surface area contributed by atoms with Crippen LogP contribution >= 0.6 is 0 Å². The Morgan fingerprint density at radius 3 is 2.24 bits per heavy atom. The summed E-state index contributed by atoms with van der Waals surface area (Å²) in [5, 5.41) is 22.4. The van der Waals surface area contributed by atoms with Crippen molar-refractivity contribution in [2.24, 2.45) is 0 Å². The van der Waals surface area contributed by atoms with E-state index in [1.54, 1.807) is 0 Å². The lowest BCUT2D eigenvalue weighted by atomic mass is 10.3. The number of alkyl halides is 3. The zero-order valence-electron chi connectivity index (χ0n) is 13.2. The van der Waals surface area contributed by atoms with E-state index >= 15 is 0 Å². The van der Waals surface area contributed by atoms with E-state index in [-0.39, 0.29) is 31.2 Å². The number of rotatable bonds is 6. The van der Waals surface area contributed by atoms with E-state index in [2.05, 4.69) is 17.0 Å². The van der Waals surface area contributed by atoms with E-state index in [1.165, 1.54) is 30.1 Å². The molecule has 0 saturated carbocycles. The van der Waals surface area contributed by atoms with Gasteiger partial charge in [0, 0.05) is 6.07 Å². The van der Waals surface area contributed by atoms with Crippen molar-refractivity contribution in [3.63, 3.8) is 0 Å². The van der Waals surface area contributed by atoms with Crippen molar-refractivity contribution in [2.75, 3.05) is 6.54 Å². The van der Waals surface area contributed by atoms with Gasteiger partial charge >= 0.3 is 12.1 Å². The number of aryl methyl sites for hydroxylation is 1. The molecule has 1 aromatic rings. The molecule has 0 unspecified atom stereocenters. The van der Waals surface area contributed by atoms with Crippen LogP contribution in [0.1, 0.15) is 23.7 Å². The normalized spacial score (nSPS) is 10.2. The average Bonchev–Trinajstić information content (AvgIpc) is 2.50. The highest BCUT2D eigenvalue weighted by atomic mass is 19.4. The Balaban J connectivity index is 0.000000697. The van der Waals surface area contributed by atoms with Gasteiger partial charge in [0.05, 0.1) is 12.1 Å². The second kappa shape index (κ2) is 10.0. The number of hydrogen-bond acceptors (Lipinski definition) is 5. The summed E-state index contributed by atoms with van der Waals surface area (Å²) in [5.41, 5.74) is 0.322. The van der Waals surface area contributed by atoms with Crippen LogP contribution in [0, 0.1) is 0 Å². The second-order valence-corrected chi connectivity index (χ2v) is 4.65. The Kier molecular flexibility index (Phi) is 8.81. The first-order chi connectivity index (χ1) is 11.4. The molecule has 1 aromatic heterocycles. The highest BCUT2D eigenvalue weighted by Crippen LogP contribution is 2.20. The van der Waals surface area contributed by atoms with Crippen LogP contribution in [0.25, 0.3) is 0 Å². The molecule has 8 nitrogen and oxygen atoms in total. The third-order valence-electron chi connectivity index (χ3n) is 2.41. The van der Waals surface area contributed by atoms with Crippen molar-refractivity contribution in [3.05, 3.63) is 36.4 Å². The summed E-state index contributed by atoms with van der Waals surface area (Å²) in [7, 11) is 0. The van der Waals surface area contributed by atoms with E-state index < -0.39 is 17.9 Å². The summed E-state index contributed by atoms with van der Waals surface area (Å²) >= 11 is 0.